The Morgan fingerprint density at radius 3 is 2.71 bits per heavy atom. The number of amides is 1. The van der Waals surface area contributed by atoms with Gasteiger partial charge in [-0.3, -0.25) is 14.5 Å². The van der Waals surface area contributed by atoms with Crippen LogP contribution in [-0.2, 0) is 20.9 Å². The van der Waals surface area contributed by atoms with Crippen LogP contribution in [0.5, 0.6) is 5.75 Å². The zero-order chi connectivity index (χ0) is 20.3. The molecule has 0 fully saturated rings. The molecule has 1 aliphatic heterocycles. The van der Waals surface area contributed by atoms with Gasteiger partial charge in [0.15, 0.2) is 17.7 Å². The van der Waals surface area contributed by atoms with Gasteiger partial charge in [0.2, 0.25) is 5.75 Å². The van der Waals surface area contributed by atoms with Crippen LogP contribution in [0.15, 0.2) is 24.3 Å². The number of carbonyl (C=O) groups is 2. The molecule has 1 unspecified atom stereocenters. The highest BCUT2D eigenvalue weighted by Crippen LogP contribution is 2.38. The van der Waals surface area contributed by atoms with E-state index in [0.29, 0.717) is 29.0 Å². The van der Waals surface area contributed by atoms with Crippen LogP contribution in [0.4, 0.5) is 11.6 Å². The Balaban J connectivity index is 1.90. The number of aryl methyl sites for hydroxylation is 1. The second kappa shape index (κ2) is 8.43. The number of anilines is 2. The van der Waals surface area contributed by atoms with Crippen molar-refractivity contribution in [2.24, 2.45) is 0 Å². The van der Waals surface area contributed by atoms with Gasteiger partial charge in [0, 0.05) is 11.6 Å². The summed E-state index contributed by atoms with van der Waals surface area (Å²) in [6.07, 6.45) is -0.774. The fraction of sp³-hybridized carbons (Fsp3) is 0.368. The summed E-state index contributed by atoms with van der Waals surface area (Å²) < 4.78 is 10.7. The zero-order valence-corrected chi connectivity index (χ0v) is 16.6. The summed E-state index contributed by atoms with van der Waals surface area (Å²) in [7, 11) is 0. The maximum atomic E-state index is 12.6. The molecule has 0 saturated carbocycles. The lowest BCUT2D eigenvalue weighted by atomic mass is 10.2. The van der Waals surface area contributed by atoms with E-state index in [9.17, 15) is 9.59 Å². The van der Waals surface area contributed by atoms with Gasteiger partial charge >= 0.3 is 5.97 Å². The Labute approximate surface area is 167 Å². The third-order valence-corrected chi connectivity index (χ3v) is 4.34. The van der Waals surface area contributed by atoms with Crippen LogP contribution >= 0.6 is 11.6 Å². The average molecular weight is 405 g/mol. The largest absolute Gasteiger partial charge is 0.473 e. The lowest BCUT2D eigenvalue weighted by molar-refractivity contribution is -0.143. The predicted molar refractivity (Wildman–Crippen MR) is 105 cm³/mol. The van der Waals surface area contributed by atoms with Crippen LogP contribution in [-0.4, -0.2) is 41.1 Å². The minimum atomic E-state index is -0.774. The van der Waals surface area contributed by atoms with Gasteiger partial charge in [-0.25, -0.2) is 9.97 Å². The number of fused-ring (bicyclic) bond motifs is 1. The highest BCUT2D eigenvalue weighted by Gasteiger charge is 2.36. The molecule has 1 aromatic heterocycles. The number of esters is 1. The smallest absolute Gasteiger partial charge is 0.326 e. The van der Waals surface area contributed by atoms with Gasteiger partial charge in [-0.2, -0.15) is 0 Å². The van der Waals surface area contributed by atoms with Gasteiger partial charge in [0.05, 0.1) is 6.61 Å². The van der Waals surface area contributed by atoms with E-state index in [4.69, 9.17) is 21.1 Å². The molecule has 3 rings (SSSR count). The lowest BCUT2D eigenvalue weighted by Crippen LogP contribution is -2.47. The van der Waals surface area contributed by atoms with Crippen molar-refractivity contribution < 1.29 is 19.1 Å². The third-order valence-electron chi connectivity index (χ3n) is 4.09. The van der Waals surface area contributed by atoms with Crippen LogP contribution in [0.3, 0.4) is 0 Å². The summed E-state index contributed by atoms with van der Waals surface area (Å²) in [5, 5.41) is 3.87. The monoisotopic (exact) mass is 404 g/mol. The molecule has 148 valence electrons. The molecule has 1 atom stereocenters. The minimum absolute atomic E-state index is 0.233. The Morgan fingerprint density at radius 2 is 2.04 bits per heavy atom. The van der Waals surface area contributed by atoms with Gasteiger partial charge in [0.1, 0.15) is 12.4 Å². The molecule has 0 saturated heterocycles. The molecule has 1 aromatic carbocycles. The number of rotatable bonds is 6. The third kappa shape index (κ3) is 4.33. The summed E-state index contributed by atoms with van der Waals surface area (Å²) in [5.41, 5.74) is 0.998. The SMILES string of the molecule is CCOC(=O)CN1C(=O)C(C)Oc2c(NCc3ccc(Cl)cc3)nc(C)nc21. The molecule has 9 heteroatoms. The van der Waals surface area contributed by atoms with Crippen molar-refractivity contribution in [3.8, 4) is 5.75 Å². The van der Waals surface area contributed by atoms with Gasteiger partial charge in [-0.05, 0) is 38.5 Å². The van der Waals surface area contributed by atoms with Crippen LogP contribution in [0.2, 0.25) is 5.02 Å². The van der Waals surface area contributed by atoms with Crippen LogP contribution in [0.25, 0.3) is 0 Å². The quantitative estimate of drug-likeness (QED) is 0.740. The van der Waals surface area contributed by atoms with Crippen LogP contribution in [0, 0.1) is 6.92 Å². The summed E-state index contributed by atoms with van der Waals surface area (Å²) in [6.45, 7) is 5.51. The number of nitrogens with zero attached hydrogens (tertiary/aromatic N) is 3. The summed E-state index contributed by atoms with van der Waals surface area (Å²) in [4.78, 5) is 34.5. The first-order valence-corrected chi connectivity index (χ1v) is 9.27. The first kappa shape index (κ1) is 19.9. The predicted octanol–water partition coefficient (Wildman–Crippen LogP) is 2.73. The van der Waals surface area contributed by atoms with Crippen molar-refractivity contribution in [3.63, 3.8) is 0 Å². The van der Waals surface area contributed by atoms with E-state index < -0.39 is 12.1 Å². The topological polar surface area (TPSA) is 93.7 Å². The van der Waals surface area contributed by atoms with E-state index in [1.807, 2.05) is 12.1 Å². The fourth-order valence-corrected chi connectivity index (χ4v) is 2.91. The van der Waals surface area contributed by atoms with Gasteiger partial charge in [0.25, 0.3) is 5.91 Å². The molecular weight excluding hydrogens is 384 g/mol. The number of nitrogens with one attached hydrogen (secondary N) is 1. The summed E-state index contributed by atoms with van der Waals surface area (Å²) >= 11 is 5.92. The highest BCUT2D eigenvalue weighted by molar-refractivity contribution is 6.30. The van der Waals surface area contributed by atoms with E-state index in [1.54, 1.807) is 32.9 Å². The van der Waals surface area contributed by atoms with Crippen molar-refractivity contribution in [2.75, 3.05) is 23.4 Å². The maximum absolute atomic E-state index is 12.6. The number of aromatic nitrogens is 2. The molecule has 0 radical (unpaired) electrons. The van der Waals surface area contributed by atoms with Crippen LogP contribution in [0.1, 0.15) is 25.2 Å². The van der Waals surface area contributed by atoms with E-state index in [-0.39, 0.29) is 24.9 Å². The first-order valence-electron chi connectivity index (χ1n) is 8.89. The number of hydrogen-bond donors (Lipinski definition) is 1. The van der Waals surface area contributed by atoms with Crippen molar-refractivity contribution in [2.45, 2.75) is 33.4 Å². The second-order valence-corrected chi connectivity index (χ2v) is 6.68. The number of ether oxygens (including phenoxy) is 2. The Hall–Kier alpha value is -2.87. The van der Waals surface area contributed by atoms with Crippen molar-refractivity contribution in [1.82, 2.24) is 9.97 Å². The van der Waals surface area contributed by atoms with Gasteiger partial charge in [-0.15, -0.1) is 0 Å². The number of hydrogen-bond acceptors (Lipinski definition) is 7. The van der Waals surface area contributed by atoms with E-state index in [1.165, 1.54) is 4.90 Å². The maximum Gasteiger partial charge on any atom is 0.326 e. The Kier molecular flexibility index (Phi) is 5.99. The molecule has 2 aromatic rings. The molecular formula is C19H21ClN4O4. The highest BCUT2D eigenvalue weighted by atomic mass is 35.5. The van der Waals surface area contributed by atoms with Gasteiger partial charge < -0.3 is 14.8 Å². The Morgan fingerprint density at radius 1 is 1.32 bits per heavy atom. The van der Waals surface area contributed by atoms with Crippen LogP contribution < -0.4 is 15.0 Å². The molecule has 0 aliphatic carbocycles. The normalized spacial score (nSPS) is 15.6. The van der Waals surface area contributed by atoms with E-state index in [2.05, 4.69) is 15.3 Å². The molecule has 28 heavy (non-hydrogen) atoms. The fourth-order valence-electron chi connectivity index (χ4n) is 2.79. The molecule has 0 bridgehead atoms. The standard InChI is InChI=1S/C19H21ClN4O4/c1-4-27-15(25)10-24-18-16(28-11(2)19(24)26)17(22-12(3)23-18)21-9-13-5-7-14(20)8-6-13/h5-8,11H,4,9-10H2,1-3H3,(H,21,22,23). The van der Waals surface area contributed by atoms with Crippen molar-refractivity contribution in [3.05, 3.63) is 40.7 Å². The van der Waals surface area contributed by atoms with E-state index >= 15 is 0 Å². The number of halogens is 1. The minimum Gasteiger partial charge on any atom is -0.473 e. The second-order valence-electron chi connectivity index (χ2n) is 6.24. The molecule has 1 aliphatic rings. The number of benzene rings is 1. The Bertz CT molecular complexity index is 888. The first-order chi connectivity index (χ1) is 13.4. The zero-order valence-electron chi connectivity index (χ0n) is 15.9. The summed E-state index contributed by atoms with van der Waals surface area (Å²) in [5.74, 6) is 0.603. The van der Waals surface area contributed by atoms with E-state index in [0.717, 1.165) is 5.56 Å². The van der Waals surface area contributed by atoms with Crippen molar-refractivity contribution >= 4 is 35.1 Å². The lowest BCUT2D eigenvalue weighted by Gasteiger charge is -2.32. The molecule has 0 spiro atoms. The number of carbonyl (C=O) groups excluding carboxylic acids is 2. The molecule has 8 nitrogen and oxygen atoms in total. The molecule has 2 heterocycles. The van der Waals surface area contributed by atoms with Gasteiger partial charge in [-0.1, -0.05) is 23.7 Å². The molecule has 1 amide bonds. The van der Waals surface area contributed by atoms with Crippen molar-refractivity contribution in [1.29, 1.82) is 0 Å². The summed E-state index contributed by atoms with van der Waals surface area (Å²) in [6, 6.07) is 7.40. The molecule has 1 N–H and O–H groups in total. The average Bonchev–Trinajstić information content (AvgIpc) is 2.66.